The lowest BCUT2D eigenvalue weighted by Crippen LogP contribution is -2.39. The van der Waals surface area contributed by atoms with Crippen molar-refractivity contribution in [1.82, 2.24) is 0 Å². The van der Waals surface area contributed by atoms with Crippen LogP contribution in [0.1, 0.15) is 19.4 Å². The van der Waals surface area contributed by atoms with E-state index < -0.39 is 6.10 Å². The van der Waals surface area contributed by atoms with Gasteiger partial charge in [0.15, 0.2) is 0 Å². The highest BCUT2D eigenvalue weighted by Crippen LogP contribution is 2.29. The summed E-state index contributed by atoms with van der Waals surface area (Å²) in [4.78, 5) is 0. The van der Waals surface area contributed by atoms with Crippen LogP contribution in [-0.4, -0.2) is 17.8 Å². The van der Waals surface area contributed by atoms with Gasteiger partial charge in [0.1, 0.15) is 5.82 Å². The van der Waals surface area contributed by atoms with Crippen molar-refractivity contribution in [1.29, 1.82) is 0 Å². The topological polar surface area (TPSA) is 46.2 Å². The van der Waals surface area contributed by atoms with Crippen molar-refractivity contribution in [2.45, 2.75) is 26.4 Å². The van der Waals surface area contributed by atoms with Crippen LogP contribution in [0.3, 0.4) is 0 Å². The molecule has 0 heterocycles. The maximum atomic E-state index is 12.9. The molecule has 0 fully saturated rings. The second-order valence-electron chi connectivity index (χ2n) is 4.45. The minimum atomic E-state index is -0.505. The van der Waals surface area contributed by atoms with E-state index >= 15 is 0 Å². The number of hydrogen-bond acceptors (Lipinski definition) is 2. The summed E-state index contributed by atoms with van der Waals surface area (Å²) in [5.41, 5.74) is 6.25. The van der Waals surface area contributed by atoms with E-state index in [0.717, 1.165) is 5.56 Å². The van der Waals surface area contributed by atoms with E-state index in [9.17, 15) is 9.50 Å². The second kappa shape index (κ2) is 5.25. The Kier molecular flexibility index (Phi) is 4.47. The van der Waals surface area contributed by atoms with Gasteiger partial charge in [0.25, 0.3) is 0 Å². The van der Waals surface area contributed by atoms with E-state index in [0.29, 0.717) is 17.4 Å². The first-order chi connectivity index (χ1) is 7.39. The third-order valence-electron chi connectivity index (χ3n) is 3.08. The van der Waals surface area contributed by atoms with Crippen molar-refractivity contribution < 1.29 is 9.50 Å². The lowest BCUT2D eigenvalue weighted by molar-refractivity contribution is 0.0587. The van der Waals surface area contributed by atoms with Gasteiger partial charge in [-0.3, -0.25) is 0 Å². The highest BCUT2D eigenvalue weighted by atomic mass is 79.9. The Labute approximate surface area is 104 Å². The Morgan fingerprint density at radius 3 is 2.62 bits per heavy atom. The van der Waals surface area contributed by atoms with Crippen molar-refractivity contribution in [2.75, 3.05) is 6.54 Å². The Hall–Kier alpha value is -0.450. The highest BCUT2D eigenvalue weighted by molar-refractivity contribution is 9.10. The van der Waals surface area contributed by atoms with Gasteiger partial charge in [0.2, 0.25) is 0 Å². The zero-order chi connectivity index (χ0) is 12.3. The summed E-state index contributed by atoms with van der Waals surface area (Å²) in [6.45, 7) is 4.03. The number of benzene rings is 1. The number of rotatable bonds is 4. The lowest BCUT2D eigenvalue weighted by Gasteiger charge is -2.31. The molecular weight excluding hydrogens is 273 g/mol. The van der Waals surface area contributed by atoms with Crippen molar-refractivity contribution in [3.63, 3.8) is 0 Å². The molecule has 0 aliphatic rings. The summed E-state index contributed by atoms with van der Waals surface area (Å²) in [6, 6.07) is 4.56. The molecule has 0 bridgehead atoms. The standard InChI is InChI=1S/C12H17BrFNO/c1-8(16)12(2,7-15)6-9-3-4-10(14)5-11(9)13/h3-5,8,16H,6-7,15H2,1-2H3. The molecule has 2 atom stereocenters. The highest BCUT2D eigenvalue weighted by Gasteiger charge is 2.29. The Balaban J connectivity index is 2.95. The molecule has 0 amide bonds. The van der Waals surface area contributed by atoms with Gasteiger partial charge in [-0.15, -0.1) is 0 Å². The number of aliphatic hydroxyl groups excluding tert-OH is 1. The molecule has 0 saturated heterocycles. The summed E-state index contributed by atoms with van der Waals surface area (Å²) in [7, 11) is 0. The van der Waals surface area contributed by atoms with Crippen molar-refractivity contribution in [2.24, 2.45) is 11.1 Å². The Morgan fingerprint density at radius 2 is 2.19 bits per heavy atom. The van der Waals surface area contributed by atoms with Gasteiger partial charge < -0.3 is 10.8 Å². The zero-order valence-electron chi connectivity index (χ0n) is 9.50. The molecule has 1 rings (SSSR count). The average Bonchev–Trinajstić information content (AvgIpc) is 2.22. The number of aliphatic hydroxyl groups is 1. The normalized spacial score (nSPS) is 16.9. The largest absolute Gasteiger partial charge is 0.393 e. The Morgan fingerprint density at radius 1 is 1.56 bits per heavy atom. The third-order valence-corrected chi connectivity index (χ3v) is 3.82. The van der Waals surface area contributed by atoms with Crippen LogP contribution in [0.5, 0.6) is 0 Å². The Bertz CT molecular complexity index is 370. The molecule has 0 aromatic heterocycles. The van der Waals surface area contributed by atoms with Gasteiger partial charge >= 0.3 is 0 Å². The van der Waals surface area contributed by atoms with Crippen LogP contribution in [0.2, 0.25) is 0 Å². The molecule has 90 valence electrons. The summed E-state index contributed by atoms with van der Waals surface area (Å²) >= 11 is 3.32. The smallest absolute Gasteiger partial charge is 0.124 e. The van der Waals surface area contributed by atoms with Gasteiger partial charge in [0.05, 0.1) is 6.10 Å². The first-order valence-corrected chi connectivity index (χ1v) is 6.00. The summed E-state index contributed by atoms with van der Waals surface area (Å²) in [5, 5.41) is 9.71. The fourth-order valence-electron chi connectivity index (χ4n) is 1.49. The van der Waals surface area contributed by atoms with Crippen molar-refractivity contribution in [3.05, 3.63) is 34.1 Å². The van der Waals surface area contributed by atoms with Crippen molar-refractivity contribution >= 4 is 15.9 Å². The number of hydrogen-bond donors (Lipinski definition) is 2. The van der Waals surface area contributed by atoms with E-state index in [1.807, 2.05) is 6.92 Å². The maximum Gasteiger partial charge on any atom is 0.124 e. The van der Waals surface area contributed by atoms with Crippen LogP contribution in [0.4, 0.5) is 4.39 Å². The van der Waals surface area contributed by atoms with E-state index in [-0.39, 0.29) is 11.2 Å². The molecule has 4 heteroatoms. The molecule has 2 unspecified atom stereocenters. The molecule has 3 N–H and O–H groups in total. The molecule has 0 spiro atoms. The summed E-state index contributed by atoms with van der Waals surface area (Å²) in [6.07, 6.45) is 0.108. The molecular formula is C12H17BrFNO. The van der Waals surface area contributed by atoms with Crippen molar-refractivity contribution in [3.8, 4) is 0 Å². The second-order valence-corrected chi connectivity index (χ2v) is 5.30. The molecule has 1 aromatic carbocycles. The predicted molar refractivity (Wildman–Crippen MR) is 66.6 cm³/mol. The molecule has 0 saturated carbocycles. The van der Waals surface area contributed by atoms with E-state index in [4.69, 9.17) is 5.73 Å². The predicted octanol–water partition coefficient (Wildman–Crippen LogP) is 2.48. The van der Waals surface area contributed by atoms with E-state index in [1.54, 1.807) is 13.0 Å². The van der Waals surface area contributed by atoms with Gasteiger partial charge in [-0.25, -0.2) is 4.39 Å². The summed E-state index contributed by atoms with van der Waals surface area (Å²) in [5.74, 6) is -0.276. The monoisotopic (exact) mass is 289 g/mol. The van der Waals surface area contributed by atoms with E-state index in [1.165, 1.54) is 12.1 Å². The fourth-order valence-corrected chi connectivity index (χ4v) is 1.98. The van der Waals surface area contributed by atoms with Gasteiger partial charge in [0, 0.05) is 16.4 Å². The number of nitrogens with two attached hydrogens (primary N) is 1. The van der Waals surface area contributed by atoms with E-state index in [2.05, 4.69) is 15.9 Å². The number of halogens is 2. The van der Waals surface area contributed by atoms with Crippen LogP contribution >= 0.6 is 15.9 Å². The first-order valence-electron chi connectivity index (χ1n) is 5.21. The van der Waals surface area contributed by atoms with Gasteiger partial charge in [-0.05, 0) is 31.0 Å². The fraction of sp³-hybridized carbons (Fsp3) is 0.500. The third kappa shape index (κ3) is 3.03. The lowest BCUT2D eigenvalue weighted by atomic mass is 9.79. The molecule has 0 aliphatic carbocycles. The first kappa shape index (κ1) is 13.6. The van der Waals surface area contributed by atoms with Gasteiger partial charge in [-0.1, -0.05) is 28.9 Å². The van der Waals surface area contributed by atoms with Crippen LogP contribution in [-0.2, 0) is 6.42 Å². The molecule has 2 nitrogen and oxygen atoms in total. The molecule has 1 aromatic rings. The minimum Gasteiger partial charge on any atom is -0.393 e. The average molecular weight is 290 g/mol. The summed E-state index contributed by atoms with van der Waals surface area (Å²) < 4.78 is 13.6. The molecule has 0 aliphatic heterocycles. The minimum absolute atomic E-state index is 0.276. The maximum absolute atomic E-state index is 12.9. The molecule has 16 heavy (non-hydrogen) atoms. The molecule has 0 radical (unpaired) electrons. The SMILES string of the molecule is CC(O)C(C)(CN)Cc1ccc(F)cc1Br. The van der Waals surface area contributed by atoms with Crippen LogP contribution in [0, 0.1) is 11.2 Å². The zero-order valence-corrected chi connectivity index (χ0v) is 11.1. The van der Waals surface area contributed by atoms with Crippen LogP contribution in [0.25, 0.3) is 0 Å². The van der Waals surface area contributed by atoms with Gasteiger partial charge in [-0.2, -0.15) is 0 Å². The van der Waals surface area contributed by atoms with Crippen LogP contribution in [0.15, 0.2) is 22.7 Å². The van der Waals surface area contributed by atoms with Crippen LogP contribution < -0.4 is 5.73 Å². The quantitative estimate of drug-likeness (QED) is 0.895.